The third kappa shape index (κ3) is 5.09. The van der Waals surface area contributed by atoms with Crippen LogP contribution in [0.25, 0.3) is 0 Å². The number of nitrogens with one attached hydrogen (secondary N) is 4. The zero-order valence-corrected chi connectivity index (χ0v) is 14.2. The second-order valence-corrected chi connectivity index (χ2v) is 5.98. The van der Waals surface area contributed by atoms with Crippen LogP contribution in [0.15, 0.2) is 30.0 Å². The van der Waals surface area contributed by atoms with E-state index in [2.05, 4.69) is 16.0 Å². The summed E-state index contributed by atoms with van der Waals surface area (Å²) < 4.78 is 51.3. The van der Waals surface area contributed by atoms with Gasteiger partial charge in [0.2, 0.25) is 5.91 Å². The summed E-state index contributed by atoms with van der Waals surface area (Å²) in [5, 5.41) is 14.5. The molecular weight excluding hydrogens is 394 g/mol. The fraction of sp³-hybridized carbons (Fsp3) is 0.267. The Hall–Kier alpha value is -2.82. The van der Waals surface area contributed by atoms with Crippen LogP contribution < -0.4 is 21.7 Å². The maximum atomic E-state index is 13.4. The minimum absolute atomic E-state index is 0.0462. The van der Waals surface area contributed by atoms with Crippen molar-refractivity contribution < 1.29 is 27.2 Å². The minimum Gasteiger partial charge on any atom is -0.395 e. The zero-order chi connectivity index (χ0) is 20.4. The van der Waals surface area contributed by atoms with Crippen LogP contribution in [0, 0.1) is 11.2 Å². The molecule has 2 atom stereocenters. The van der Waals surface area contributed by atoms with Gasteiger partial charge in [0.25, 0.3) is 0 Å². The first-order chi connectivity index (χ1) is 12.5. The van der Waals surface area contributed by atoms with Crippen LogP contribution in [0.5, 0.6) is 0 Å². The van der Waals surface area contributed by atoms with Crippen LogP contribution in [0.3, 0.4) is 0 Å². The van der Waals surface area contributed by atoms with Crippen molar-refractivity contribution in [3.8, 4) is 0 Å². The molecule has 0 aliphatic carbocycles. The number of rotatable bonds is 5. The van der Waals surface area contributed by atoms with Gasteiger partial charge in [-0.25, -0.2) is 9.18 Å². The van der Waals surface area contributed by atoms with E-state index < -0.39 is 47.4 Å². The minimum atomic E-state index is -4.87. The van der Waals surface area contributed by atoms with Gasteiger partial charge in [0.15, 0.2) is 0 Å². The molecule has 1 aliphatic heterocycles. The molecule has 1 aromatic carbocycles. The molecule has 2 unspecified atom stereocenters. The van der Waals surface area contributed by atoms with E-state index in [0.717, 1.165) is 18.2 Å². The van der Waals surface area contributed by atoms with E-state index in [1.54, 1.807) is 0 Å². The van der Waals surface area contributed by atoms with E-state index in [4.69, 9.17) is 22.7 Å². The lowest BCUT2D eigenvalue weighted by Gasteiger charge is -2.21. The summed E-state index contributed by atoms with van der Waals surface area (Å²) in [5.74, 6) is -1.54. The Morgan fingerprint density at radius 3 is 2.63 bits per heavy atom. The molecule has 1 saturated heterocycles. The number of carbonyl (C=O) groups excluding carboxylic acids is 2. The molecule has 0 bridgehead atoms. The fourth-order valence-corrected chi connectivity index (χ4v) is 2.41. The van der Waals surface area contributed by atoms with Crippen molar-refractivity contribution in [3.63, 3.8) is 0 Å². The smallest absolute Gasteiger partial charge is 0.395 e. The number of allylic oxidation sites excluding steroid dienone is 1. The maximum Gasteiger partial charge on any atom is 0.430 e. The summed E-state index contributed by atoms with van der Waals surface area (Å²) in [6, 6.07) is 0.179. The van der Waals surface area contributed by atoms with Crippen molar-refractivity contribution >= 4 is 29.3 Å². The average molecular weight is 408 g/mol. The van der Waals surface area contributed by atoms with Gasteiger partial charge in [0.1, 0.15) is 17.6 Å². The number of nitrogens with two attached hydrogens (primary N) is 1. The molecular formula is C15H14ClF4N5O2. The van der Waals surface area contributed by atoms with Crippen LogP contribution >= 0.6 is 11.6 Å². The van der Waals surface area contributed by atoms with Gasteiger partial charge in [0.05, 0.1) is 16.8 Å². The van der Waals surface area contributed by atoms with Crippen molar-refractivity contribution in [2.45, 2.75) is 18.3 Å². The molecule has 1 aliphatic rings. The molecule has 0 saturated carbocycles. The predicted molar refractivity (Wildman–Crippen MR) is 88.7 cm³/mol. The van der Waals surface area contributed by atoms with Crippen LogP contribution in [-0.4, -0.2) is 36.4 Å². The second kappa shape index (κ2) is 7.82. The monoisotopic (exact) mass is 407 g/mol. The number of alkyl halides is 3. The zero-order valence-electron chi connectivity index (χ0n) is 13.5. The molecule has 1 heterocycles. The molecule has 3 amide bonds. The van der Waals surface area contributed by atoms with Crippen molar-refractivity contribution in [2.24, 2.45) is 5.73 Å². The third-order valence-corrected chi connectivity index (χ3v) is 3.89. The maximum absolute atomic E-state index is 13.4. The van der Waals surface area contributed by atoms with Gasteiger partial charge >= 0.3 is 12.2 Å². The SMILES string of the molecule is N=C(/C=C(\N)C(F)(F)F)C(NC(=O)C1CNC(=O)N1)c1ccc(F)c(Cl)c1. The number of halogens is 5. The number of benzene rings is 1. The first-order valence-corrected chi connectivity index (χ1v) is 7.79. The van der Waals surface area contributed by atoms with Crippen LogP contribution in [-0.2, 0) is 4.79 Å². The summed E-state index contributed by atoms with van der Waals surface area (Å²) in [7, 11) is 0. The first kappa shape index (κ1) is 20.5. The molecule has 27 heavy (non-hydrogen) atoms. The van der Waals surface area contributed by atoms with Crippen LogP contribution in [0.2, 0.25) is 5.02 Å². The van der Waals surface area contributed by atoms with E-state index in [0.29, 0.717) is 6.08 Å². The summed E-state index contributed by atoms with van der Waals surface area (Å²) in [6.07, 6.45) is -4.53. The largest absolute Gasteiger partial charge is 0.430 e. The van der Waals surface area contributed by atoms with E-state index in [9.17, 15) is 27.2 Å². The summed E-state index contributed by atoms with van der Waals surface area (Å²) in [6.45, 7) is -0.0462. The van der Waals surface area contributed by atoms with Crippen molar-refractivity contribution in [1.29, 1.82) is 5.41 Å². The predicted octanol–water partition coefficient (Wildman–Crippen LogP) is 1.74. The first-order valence-electron chi connectivity index (χ1n) is 7.41. The topological polar surface area (TPSA) is 120 Å². The molecule has 1 aromatic rings. The normalized spacial score (nSPS) is 18.5. The van der Waals surface area contributed by atoms with Gasteiger partial charge in [-0.05, 0) is 23.8 Å². The number of hydrogen-bond donors (Lipinski definition) is 5. The lowest BCUT2D eigenvalue weighted by atomic mass is 10.0. The van der Waals surface area contributed by atoms with E-state index in [1.165, 1.54) is 0 Å². The molecule has 7 nitrogen and oxygen atoms in total. The number of hydrogen-bond acceptors (Lipinski definition) is 4. The summed E-state index contributed by atoms with van der Waals surface area (Å²) in [4.78, 5) is 23.4. The van der Waals surface area contributed by atoms with E-state index in [-0.39, 0.29) is 17.1 Å². The van der Waals surface area contributed by atoms with Crippen molar-refractivity contribution in [1.82, 2.24) is 16.0 Å². The molecule has 0 radical (unpaired) electrons. The Balaban J connectivity index is 2.33. The molecule has 0 spiro atoms. The van der Waals surface area contributed by atoms with Gasteiger partial charge in [-0.2, -0.15) is 13.2 Å². The van der Waals surface area contributed by atoms with Gasteiger partial charge < -0.3 is 27.1 Å². The molecule has 12 heteroatoms. The quantitative estimate of drug-likeness (QED) is 0.377. The average Bonchev–Trinajstić information content (AvgIpc) is 3.00. The van der Waals surface area contributed by atoms with Crippen LogP contribution in [0.4, 0.5) is 22.4 Å². The van der Waals surface area contributed by atoms with Gasteiger partial charge in [-0.3, -0.25) is 4.79 Å². The molecule has 1 fully saturated rings. The molecule has 146 valence electrons. The highest BCUT2D eigenvalue weighted by Crippen LogP contribution is 2.25. The number of amides is 3. The van der Waals surface area contributed by atoms with Gasteiger partial charge in [-0.15, -0.1) is 0 Å². The molecule has 0 aromatic heterocycles. The highest BCUT2D eigenvalue weighted by atomic mass is 35.5. The van der Waals surface area contributed by atoms with Crippen molar-refractivity contribution in [3.05, 3.63) is 46.4 Å². The lowest BCUT2D eigenvalue weighted by Crippen LogP contribution is -2.45. The molecule has 6 N–H and O–H groups in total. The molecule has 2 rings (SSSR count). The number of urea groups is 1. The highest BCUT2D eigenvalue weighted by Gasteiger charge is 2.34. The van der Waals surface area contributed by atoms with E-state index >= 15 is 0 Å². The van der Waals surface area contributed by atoms with E-state index in [1.807, 2.05) is 0 Å². The van der Waals surface area contributed by atoms with Gasteiger partial charge in [-0.1, -0.05) is 17.7 Å². The Morgan fingerprint density at radius 2 is 2.11 bits per heavy atom. The third-order valence-electron chi connectivity index (χ3n) is 3.60. The van der Waals surface area contributed by atoms with Crippen LogP contribution in [0.1, 0.15) is 11.6 Å². The van der Waals surface area contributed by atoms with Crippen molar-refractivity contribution in [2.75, 3.05) is 6.54 Å². The summed E-state index contributed by atoms with van der Waals surface area (Å²) >= 11 is 5.68. The Morgan fingerprint density at radius 1 is 1.44 bits per heavy atom. The summed E-state index contributed by atoms with van der Waals surface area (Å²) in [5.41, 5.74) is 2.73. The number of carbonyl (C=O) groups is 2. The standard InChI is InChI=1S/C15H14ClF4N5O2/c16-7-3-6(1-2-8(7)17)12(9(21)4-11(22)15(18,19)20)25-13(26)10-5-23-14(27)24-10/h1-4,10,12,21H,5,22H2,(H,25,26)(H2,23,24,27)/b11-4-,21-9?. The lowest BCUT2D eigenvalue weighted by molar-refractivity contribution is -0.122. The highest BCUT2D eigenvalue weighted by molar-refractivity contribution is 6.30. The van der Waals surface area contributed by atoms with Gasteiger partial charge in [0, 0.05) is 6.54 Å². The second-order valence-electron chi connectivity index (χ2n) is 5.57. The Kier molecular flexibility index (Phi) is 5.94. The Labute approximate surface area is 155 Å². The fourth-order valence-electron chi connectivity index (χ4n) is 2.22. The Bertz CT molecular complexity index is 812.